The van der Waals surface area contributed by atoms with Crippen LogP contribution in [0.1, 0.15) is 12.8 Å². The minimum absolute atomic E-state index is 0.244. The Labute approximate surface area is 160 Å². The van der Waals surface area contributed by atoms with Gasteiger partial charge in [0.1, 0.15) is 0 Å². The van der Waals surface area contributed by atoms with Crippen molar-refractivity contribution in [3.63, 3.8) is 0 Å². The lowest BCUT2D eigenvalue weighted by molar-refractivity contribution is 0.241. The lowest BCUT2D eigenvalue weighted by Crippen LogP contribution is -2.41. The van der Waals surface area contributed by atoms with Gasteiger partial charge >= 0.3 is 6.03 Å². The molecule has 1 heterocycles. The molecule has 2 amide bonds. The maximum absolute atomic E-state index is 12.2. The number of anilines is 1. The number of amides is 2. The molecule has 0 aliphatic carbocycles. The van der Waals surface area contributed by atoms with E-state index in [1.807, 2.05) is 0 Å². The van der Waals surface area contributed by atoms with Gasteiger partial charge in [-0.05, 0) is 18.8 Å². The molecule has 0 radical (unpaired) electrons. The van der Waals surface area contributed by atoms with Gasteiger partial charge in [-0.2, -0.15) is 0 Å². The number of carbonyl (C=O) groups is 1. The first-order valence-electron chi connectivity index (χ1n) is 8.58. The SMILES string of the molecule is COc1cc(NC(=O)NCC2CCN(S(C)(=O)=O)CC2)cc(OC)c1OC. The van der Waals surface area contributed by atoms with E-state index < -0.39 is 10.0 Å². The van der Waals surface area contributed by atoms with Gasteiger partial charge in [-0.15, -0.1) is 0 Å². The number of carbonyl (C=O) groups excluding carboxylic acids is 1. The third kappa shape index (κ3) is 5.64. The highest BCUT2D eigenvalue weighted by atomic mass is 32.2. The van der Waals surface area contributed by atoms with Gasteiger partial charge in [-0.25, -0.2) is 17.5 Å². The van der Waals surface area contributed by atoms with E-state index in [0.29, 0.717) is 42.6 Å². The van der Waals surface area contributed by atoms with E-state index in [9.17, 15) is 13.2 Å². The number of piperidine rings is 1. The van der Waals surface area contributed by atoms with E-state index in [1.165, 1.54) is 31.9 Å². The minimum atomic E-state index is -3.14. The smallest absolute Gasteiger partial charge is 0.319 e. The first-order chi connectivity index (χ1) is 12.8. The molecule has 2 rings (SSSR count). The second-order valence-corrected chi connectivity index (χ2v) is 8.34. The molecule has 1 aromatic rings. The zero-order valence-electron chi connectivity index (χ0n) is 16.1. The van der Waals surface area contributed by atoms with Crippen molar-refractivity contribution >= 4 is 21.7 Å². The minimum Gasteiger partial charge on any atom is -0.493 e. The van der Waals surface area contributed by atoms with Crippen LogP contribution in [0.5, 0.6) is 17.2 Å². The number of nitrogens with zero attached hydrogens (tertiary/aromatic N) is 1. The maximum atomic E-state index is 12.2. The van der Waals surface area contributed by atoms with Gasteiger partial charge in [0, 0.05) is 31.8 Å². The van der Waals surface area contributed by atoms with Crippen LogP contribution >= 0.6 is 0 Å². The van der Waals surface area contributed by atoms with E-state index in [1.54, 1.807) is 12.1 Å². The Morgan fingerprint density at radius 2 is 1.67 bits per heavy atom. The number of hydrogen-bond donors (Lipinski definition) is 2. The fraction of sp³-hybridized carbons (Fsp3) is 0.588. The van der Waals surface area contributed by atoms with Gasteiger partial charge in [0.05, 0.1) is 33.3 Å². The molecule has 0 aromatic heterocycles. The molecule has 1 fully saturated rings. The summed E-state index contributed by atoms with van der Waals surface area (Å²) in [6, 6.07) is 2.94. The van der Waals surface area contributed by atoms with Crippen LogP contribution in [-0.2, 0) is 10.0 Å². The summed E-state index contributed by atoms with van der Waals surface area (Å²) in [7, 11) is 1.38. The second-order valence-electron chi connectivity index (χ2n) is 6.35. The van der Waals surface area contributed by atoms with Gasteiger partial charge in [-0.1, -0.05) is 0 Å². The van der Waals surface area contributed by atoms with E-state index in [4.69, 9.17) is 14.2 Å². The normalized spacial score (nSPS) is 15.9. The van der Waals surface area contributed by atoms with Gasteiger partial charge < -0.3 is 24.8 Å². The molecule has 152 valence electrons. The fourth-order valence-electron chi connectivity index (χ4n) is 3.01. The average Bonchev–Trinajstić information content (AvgIpc) is 2.65. The Bertz CT molecular complexity index is 735. The van der Waals surface area contributed by atoms with Crippen molar-refractivity contribution in [3.8, 4) is 17.2 Å². The summed E-state index contributed by atoms with van der Waals surface area (Å²) in [5.41, 5.74) is 0.508. The Morgan fingerprint density at radius 3 is 2.11 bits per heavy atom. The fourth-order valence-corrected chi connectivity index (χ4v) is 3.88. The number of sulfonamides is 1. The van der Waals surface area contributed by atoms with Crippen molar-refractivity contribution in [2.45, 2.75) is 12.8 Å². The summed E-state index contributed by atoms with van der Waals surface area (Å²) < 4.78 is 40.3. The maximum Gasteiger partial charge on any atom is 0.319 e. The molecule has 9 nitrogen and oxygen atoms in total. The van der Waals surface area contributed by atoms with Crippen LogP contribution in [0.3, 0.4) is 0 Å². The predicted octanol–water partition coefficient (Wildman–Crippen LogP) is 1.51. The molecule has 1 aliphatic heterocycles. The monoisotopic (exact) mass is 401 g/mol. The zero-order chi connectivity index (χ0) is 20.0. The Morgan fingerprint density at radius 1 is 1.11 bits per heavy atom. The second kappa shape index (κ2) is 9.14. The van der Waals surface area contributed by atoms with Crippen LogP contribution in [0.15, 0.2) is 12.1 Å². The molecular weight excluding hydrogens is 374 g/mol. The van der Waals surface area contributed by atoms with Gasteiger partial charge in [0.2, 0.25) is 15.8 Å². The summed E-state index contributed by atoms with van der Waals surface area (Å²) >= 11 is 0. The molecule has 1 saturated heterocycles. The van der Waals surface area contributed by atoms with Crippen molar-refractivity contribution in [2.75, 3.05) is 52.5 Å². The molecule has 0 atom stereocenters. The van der Waals surface area contributed by atoms with Crippen molar-refractivity contribution in [2.24, 2.45) is 5.92 Å². The molecule has 2 N–H and O–H groups in total. The Kier molecular flexibility index (Phi) is 7.14. The topological polar surface area (TPSA) is 106 Å². The third-order valence-electron chi connectivity index (χ3n) is 4.52. The highest BCUT2D eigenvalue weighted by Gasteiger charge is 2.25. The average molecular weight is 401 g/mol. The van der Waals surface area contributed by atoms with Gasteiger partial charge in [-0.3, -0.25) is 0 Å². The molecule has 0 unspecified atom stereocenters. The molecule has 0 bridgehead atoms. The summed E-state index contributed by atoms with van der Waals surface area (Å²) in [6.07, 6.45) is 2.66. The largest absolute Gasteiger partial charge is 0.493 e. The first-order valence-corrected chi connectivity index (χ1v) is 10.4. The third-order valence-corrected chi connectivity index (χ3v) is 5.82. The highest BCUT2D eigenvalue weighted by Crippen LogP contribution is 2.39. The number of hydrogen-bond acceptors (Lipinski definition) is 6. The van der Waals surface area contributed by atoms with Crippen molar-refractivity contribution in [1.82, 2.24) is 9.62 Å². The van der Waals surface area contributed by atoms with Crippen LogP contribution < -0.4 is 24.8 Å². The standard InChI is InChI=1S/C17H27N3O6S/c1-24-14-9-13(10-15(25-2)16(14)26-3)19-17(21)18-11-12-5-7-20(8-6-12)27(4,22)23/h9-10,12H,5-8,11H2,1-4H3,(H2,18,19,21). The molecule has 27 heavy (non-hydrogen) atoms. The summed E-state index contributed by atoms with van der Waals surface area (Å²) in [6.45, 7) is 1.45. The number of benzene rings is 1. The molecule has 0 saturated carbocycles. The molecule has 1 aliphatic rings. The highest BCUT2D eigenvalue weighted by molar-refractivity contribution is 7.88. The van der Waals surface area contributed by atoms with Crippen LogP contribution in [0.2, 0.25) is 0 Å². The molecular formula is C17H27N3O6S. The number of ether oxygens (including phenoxy) is 3. The van der Waals surface area contributed by atoms with Gasteiger partial charge in [0.25, 0.3) is 0 Å². The quantitative estimate of drug-likeness (QED) is 0.717. The Hall–Kier alpha value is -2.20. The van der Waals surface area contributed by atoms with Crippen molar-refractivity contribution in [3.05, 3.63) is 12.1 Å². The van der Waals surface area contributed by atoms with Crippen LogP contribution in [-0.4, -0.2) is 66.0 Å². The molecule has 1 aromatic carbocycles. The summed E-state index contributed by atoms with van der Waals surface area (Å²) in [5, 5.41) is 5.57. The zero-order valence-corrected chi connectivity index (χ0v) is 16.9. The predicted molar refractivity (Wildman–Crippen MR) is 102 cm³/mol. The lowest BCUT2D eigenvalue weighted by Gasteiger charge is -2.30. The van der Waals surface area contributed by atoms with E-state index in [0.717, 1.165) is 12.8 Å². The van der Waals surface area contributed by atoms with E-state index in [-0.39, 0.29) is 11.9 Å². The summed E-state index contributed by atoms with van der Waals surface area (Å²) in [5.74, 6) is 1.58. The lowest BCUT2D eigenvalue weighted by atomic mass is 9.98. The number of methoxy groups -OCH3 is 3. The first kappa shape index (κ1) is 21.1. The van der Waals surface area contributed by atoms with Crippen LogP contribution in [0.25, 0.3) is 0 Å². The number of nitrogens with one attached hydrogen (secondary N) is 2. The van der Waals surface area contributed by atoms with Crippen molar-refractivity contribution < 1.29 is 27.4 Å². The number of urea groups is 1. The van der Waals surface area contributed by atoms with Crippen molar-refractivity contribution in [1.29, 1.82) is 0 Å². The number of rotatable bonds is 7. The molecule has 0 spiro atoms. The van der Waals surface area contributed by atoms with E-state index >= 15 is 0 Å². The van der Waals surface area contributed by atoms with Gasteiger partial charge in [0.15, 0.2) is 11.5 Å². The van der Waals surface area contributed by atoms with E-state index in [2.05, 4.69) is 10.6 Å². The van der Waals surface area contributed by atoms with Crippen LogP contribution in [0, 0.1) is 5.92 Å². The Balaban J connectivity index is 1.89. The van der Waals surface area contributed by atoms with Crippen LogP contribution in [0.4, 0.5) is 10.5 Å². The summed E-state index contributed by atoms with van der Waals surface area (Å²) in [4.78, 5) is 12.2. The molecule has 10 heteroatoms.